The molecule has 0 saturated heterocycles. The highest BCUT2D eigenvalue weighted by Gasteiger charge is 2.23. The van der Waals surface area contributed by atoms with Gasteiger partial charge in [-0.25, -0.2) is 0 Å². The van der Waals surface area contributed by atoms with E-state index in [1.807, 2.05) is 42.5 Å². The summed E-state index contributed by atoms with van der Waals surface area (Å²) in [6.45, 7) is 0.465. The monoisotopic (exact) mass is 357 g/mol. The minimum Gasteiger partial charge on any atom is -0.488 e. The highest BCUT2D eigenvalue weighted by Crippen LogP contribution is 2.32. The molecule has 1 aliphatic heterocycles. The molecule has 1 unspecified atom stereocenters. The number of aromatic nitrogens is 2. The van der Waals surface area contributed by atoms with Gasteiger partial charge in [0.25, 0.3) is 0 Å². The number of hydrogen-bond acceptors (Lipinski definition) is 4. The normalized spacial score (nSPS) is 15.3. The Kier molecular flexibility index (Phi) is 4.92. The molecule has 0 radical (unpaired) electrons. The van der Waals surface area contributed by atoms with Crippen molar-refractivity contribution in [3.05, 3.63) is 84.3 Å². The molecule has 3 aromatic rings. The predicted octanol–water partition coefficient (Wildman–Crippen LogP) is 3.28. The number of amides is 1. The van der Waals surface area contributed by atoms with Crippen LogP contribution in [0, 0.1) is 0 Å². The Balaban J connectivity index is 1.33. The lowest BCUT2D eigenvalue weighted by Gasteiger charge is -2.10. The third-order valence-corrected chi connectivity index (χ3v) is 4.39. The maximum absolute atomic E-state index is 12.0. The van der Waals surface area contributed by atoms with Crippen molar-refractivity contribution in [2.45, 2.75) is 12.5 Å². The Bertz CT molecular complexity index is 956. The maximum atomic E-state index is 12.0. The Morgan fingerprint density at radius 3 is 2.89 bits per heavy atom. The van der Waals surface area contributed by atoms with Crippen LogP contribution in [0.3, 0.4) is 0 Å². The highest BCUT2D eigenvalue weighted by molar-refractivity contribution is 5.91. The molecule has 0 fully saturated rings. The van der Waals surface area contributed by atoms with E-state index in [-0.39, 0.29) is 12.0 Å². The molecule has 1 amide bonds. The number of hydrogen-bond donors (Lipinski definition) is 1. The second kappa shape index (κ2) is 7.83. The molecule has 2 heterocycles. The molecule has 0 aliphatic carbocycles. The van der Waals surface area contributed by atoms with E-state index in [0.29, 0.717) is 6.54 Å². The van der Waals surface area contributed by atoms with E-state index in [2.05, 4.69) is 21.4 Å². The fourth-order valence-electron chi connectivity index (χ4n) is 3.05. The van der Waals surface area contributed by atoms with Gasteiger partial charge in [-0.2, -0.15) is 0 Å². The molecular weight excluding hydrogens is 338 g/mol. The van der Waals surface area contributed by atoms with Crippen LogP contribution in [0.4, 0.5) is 0 Å². The van der Waals surface area contributed by atoms with Crippen LogP contribution in [-0.4, -0.2) is 28.5 Å². The van der Waals surface area contributed by atoms with Crippen LogP contribution < -0.4 is 10.1 Å². The molecule has 5 heteroatoms. The second-order valence-corrected chi connectivity index (χ2v) is 6.35. The van der Waals surface area contributed by atoms with Gasteiger partial charge in [-0.05, 0) is 35.4 Å². The van der Waals surface area contributed by atoms with E-state index in [9.17, 15) is 4.79 Å². The molecule has 1 aromatic heterocycles. The Morgan fingerprint density at radius 2 is 2.07 bits per heavy atom. The van der Waals surface area contributed by atoms with Gasteiger partial charge >= 0.3 is 0 Å². The van der Waals surface area contributed by atoms with Crippen LogP contribution in [0.15, 0.2) is 73.2 Å². The van der Waals surface area contributed by atoms with Gasteiger partial charge in [0.15, 0.2) is 0 Å². The summed E-state index contributed by atoms with van der Waals surface area (Å²) in [6, 6.07) is 15.7. The molecule has 0 spiro atoms. The molecule has 1 atom stereocenters. The van der Waals surface area contributed by atoms with E-state index in [1.54, 1.807) is 30.7 Å². The first-order valence-corrected chi connectivity index (χ1v) is 8.85. The summed E-state index contributed by atoms with van der Waals surface area (Å²) in [5, 5.41) is 2.90. The first kappa shape index (κ1) is 17.0. The van der Waals surface area contributed by atoms with Crippen LogP contribution in [-0.2, 0) is 11.2 Å². The third kappa shape index (κ3) is 4.20. The fraction of sp³-hybridized carbons (Fsp3) is 0.136. The zero-order chi connectivity index (χ0) is 18.5. The van der Waals surface area contributed by atoms with Crippen molar-refractivity contribution in [2.75, 3.05) is 6.54 Å². The number of fused-ring (bicyclic) bond motifs is 1. The average molecular weight is 357 g/mol. The zero-order valence-corrected chi connectivity index (χ0v) is 14.7. The predicted molar refractivity (Wildman–Crippen MR) is 104 cm³/mol. The molecule has 1 N–H and O–H groups in total. The molecule has 2 aromatic carbocycles. The number of carbonyl (C=O) groups excluding carboxylic acids is 1. The van der Waals surface area contributed by atoms with Gasteiger partial charge in [0.05, 0.1) is 18.4 Å². The van der Waals surface area contributed by atoms with E-state index < -0.39 is 0 Å². The van der Waals surface area contributed by atoms with Crippen molar-refractivity contribution in [3.8, 4) is 17.0 Å². The molecular formula is C22H19N3O2. The molecule has 27 heavy (non-hydrogen) atoms. The number of ether oxygens (including phenoxy) is 1. The summed E-state index contributed by atoms with van der Waals surface area (Å²) < 4.78 is 5.94. The second-order valence-electron chi connectivity index (χ2n) is 6.35. The number of nitrogens with one attached hydrogen (secondary N) is 1. The summed E-state index contributed by atoms with van der Waals surface area (Å²) in [4.78, 5) is 20.5. The van der Waals surface area contributed by atoms with Crippen molar-refractivity contribution in [1.29, 1.82) is 0 Å². The maximum Gasteiger partial charge on any atom is 0.244 e. The van der Waals surface area contributed by atoms with Crippen LogP contribution in [0.5, 0.6) is 5.75 Å². The minimum absolute atomic E-state index is 0.0637. The van der Waals surface area contributed by atoms with Crippen molar-refractivity contribution in [3.63, 3.8) is 0 Å². The number of benzene rings is 2. The van der Waals surface area contributed by atoms with Crippen LogP contribution >= 0.6 is 0 Å². The number of rotatable bonds is 5. The van der Waals surface area contributed by atoms with Crippen LogP contribution in [0.1, 0.15) is 11.1 Å². The molecule has 4 rings (SSSR count). The fourth-order valence-corrected chi connectivity index (χ4v) is 3.05. The lowest BCUT2D eigenvalue weighted by molar-refractivity contribution is -0.116. The van der Waals surface area contributed by atoms with E-state index in [0.717, 1.165) is 34.6 Å². The van der Waals surface area contributed by atoms with Gasteiger partial charge in [0.2, 0.25) is 5.91 Å². The third-order valence-electron chi connectivity index (χ3n) is 4.39. The molecule has 0 bridgehead atoms. The van der Waals surface area contributed by atoms with Gasteiger partial charge in [-0.15, -0.1) is 0 Å². The van der Waals surface area contributed by atoms with Gasteiger partial charge < -0.3 is 10.1 Å². The van der Waals surface area contributed by atoms with Crippen LogP contribution in [0.2, 0.25) is 0 Å². The van der Waals surface area contributed by atoms with Crippen molar-refractivity contribution in [1.82, 2.24) is 15.3 Å². The smallest absolute Gasteiger partial charge is 0.244 e. The van der Waals surface area contributed by atoms with Crippen LogP contribution in [0.25, 0.3) is 17.3 Å². The Morgan fingerprint density at radius 1 is 1.19 bits per heavy atom. The van der Waals surface area contributed by atoms with Gasteiger partial charge in [-0.1, -0.05) is 30.3 Å². The van der Waals surface area contributed by atoms with Gasteiger partial charge in [0.1, 0.15) is 11.9 Å². The lowest BCUT2D eigenvalue weighted by Crippen LogP contribution is -2.33. The summed E-state index contributed by atoms with van der Waals surface area (Å²) in [5.41, 5.74) is 3.97. The lowest BCUT2D eigenvalue weighted by atomic mass is 10.0. The van der Waals surface area contributed by atoms with Crippen molar-refractivity contribution in [2.24, 2.45) is 0 Å². The molecule has 5 nitrogen and oxygen atoms in total. The summed E-state index contributed by atoms with van der Waals surface area (Å²) >= 11 is 0. The summed E-state index contributed by atoms with van der Waals surface area (Å²) in [5.74, 6) is 0.736. The molecule has 1 aliphatic rings. The quantitative estimate of drug-likeness (QED) is 0.712. The van der Waals surface area contributed by atoms with Gasteiger partial charge in [-0.3, -0.25) is 14.8 Å². The first-order chi connectivity index (χ1) is 13.3. The largest absolute Gasteiger partial charge is 0.488 e. The standard InChI is InChI=1S/C22H19N3O2/c26-22(9-6-16-4-2-1-3-5-16)25-14-19-13-18-12-17(7-8-21(18)27-19)20-15-23-10-11-24-20/h1-12,15,19H,13-14H2,(H,25,26)/b9-6+. The Hall–Kier alpha value is -3.47. The Labute approximate surface area is 157 Å². The summed E-state index contributed by atoms with van der Waals surface area (Å²) in [7, 11) is 0. The number of carbonyl (C=O) groups is 1. The van der Waals surface area contributed by atoms with E-state index in [4.69, 9.17) is 4.74 Å². The number of nitrogens with zero attached hydrogens (tertiary/aromatic N) is 2. The SMILES string of the molecule is O=C(/C=C/c1ccccc1)NCC1Cc2cc(-c3cnccn3)ccc2O1. The first-order valence-electron chi connectivity index (χ1n) is 8.85. The van der Waals surface area contributed by atoms with Crippen molar-refractivity contribution >= 4 is 12.0 Å². The van der Waals surface area contributed by atoms with E-state index in [1.165, 1.54) is 0 Å². The molecule has 0 saturated carbocycles. The summed E-state index contributed by atoms with van der Waals surface area (Å²) in [6.07, 6.45) is 9.12. The minimum atomic E-state index is -0.126. The zero-order valence-electron chi connectivity index (χ0n) is 14.7. The average Bonchev–Trinajstić information content (AvgIpc) is 3.14. The van der Waals surface area contributed by atoms with E-state index >= 15 is 0 Å². The molecule has 134 valence electrons. The van der Waals surface area contributed by atoms with Crippen molar-refractivity contribution < 1.29 is 9.53 Å². The highest BCUT2D eigenvalue weighted by atomic mass is 16.5. The van der Waals surface area contributed by atoms with Gasteiger partial charge in [0, 0.05) is 30.5 Å². The topological polar surface area (TPSA) is 64.1 Å².